The monoisotopic (exact) mass is 298 g/mol. The SMILES string of the molecule is CCCNC1CCOCC1CN(CCO)C1CCCCC1. The van der Waals surface area contributed by atoms with Gasteiger partial charge in [0.2, 0.25) is 0 Å². The van der Waals surface area contributed by atoms with Crippen molar-refractivity contribution in [2.24, 2.45) is 5.92 Å². The van der Waals surface area contributed by atoms with Crippen molar-refractivity contribution in [3.63, 3.8) is 0 Å². The van der Waals surface area contributed by atoms with E-state index in [-0.39, 0.29) is 6.61 Å². The van der Waals surface area contributed by atoms with Crippen molar-refractivity contribution in [1.82, 2.24) is 10.2 Å². The zero-order valence-corrected chi connectivity index (χ0v) is 13.7. The molecule has 0 bridgehead atoms. The average Bonchev–Trinajstić information content (AvgIpc) is 2.54. The van der Waals surface area contributed by atoms with E-state index < -0.39 is 0 Å². The first kappa shape index (κ1) is 17.2. The van der Waals surface area contributed by atoms with Crippen LogP contribution in [-0.2, 0) is 4.74 Å². The highest BCUT2D eigenvalue weighted by Crippen LogP contribution is 2.25. The first-order valence-corrected chi connectivity index (χ1v) is 9.01. The third-order valence-electron chi connectivity index (χ3n) is 5.08. The summed E-state index contributed by atoms with van der Waals surface area (Å²) < 4.78 is 5.73. The van der Waals surface area contributed by atoms with Gasteiger partial charge in [-0.2, -0.15) is 0 Å². The van der Waals surface area contributed by atoms with E-state index >= 15 is 0 Å². The fraction of sp³-hybridized carbons (Fsp3) is 1.00. The van der Waals surface area contributed by atoms with E-state index in [4.69, 9.17) is 4.74 Å². The summed E-state index contributed by atoms with van der Waals surface area (Å²) in [5.74, 6) is 0.568. The predicted octanol–water partition coefficient (Wildman–Crippen LogP) is 2.02. The Balaban J connectivity index is 1.89. The fourth-order valence-corrected chi connectivity index (χ4v) is 3.87. The Hall–Kier alpha value is -0.160. The molecule has 0 amide bonds. The zero-order chi connectivity index (χ0) is 14.9. The number of hydrogen-bond acceptors (Lipinski definition) is 4. The summed E-state index contributed by atoms with van der Waals surface area (Å²) in [5, 5.41) is 13.1. The van der Waals surface area contributed by atoms with E-state index in [0.29, 0.717) is 18.0 Å². The minimum Gasteiger partial charge on any atom is -0.395 e. The van der Waals surface area contributed by atoms with E-state index in [9.17, 15) is 5.11 Å². The lowest BCUT2D eigenvalue weighted by atomic mass is 9.90. The molecule has 0 radical (unpaired) electrons. The predicted molar refractivity (Wildman–Crippen MR) is 86.5 cm³/mol. The molecule has 124 valence electrons. The van der Waals surface area contributed by atoms with Gasteiger partial charge < -0.3 is 15.2 Å². The summed E-state index contributed by atoms with van der Waals surface area (Å²) in [4.78, 5) is 2.54. The van der Waals surface area contributed by atoms with Gasteiger partial charge in [-0.3, -0.25) is 4.90 Å². The van der Waals surface area contributed by atoms with Gasteiger partial charge in [-0.05, 0) is 32.2 Å². The van der Waals surface area contributed by atoms with Crippen molar-refractivity contribution in [2.45, 2.75) is 64.0 Å². The molecule has 0 aromatic carbocycles. The molecule has 0 aromatic rings. The maximum absolute atomic E-state index is 9.42. The highest BCUT2D eigenvalue weighted by molar-refractivity contribution is 4.85. The van der Waals surface area contributed by atoms with Crippen LogP contribution in [0.5, 0.6) is 0 Å². The maximum atomic E-state index is 9.42. The zero-order valence-electron chi connectivity index (χ0n) is 13.7. The van der Waals surface area contributed by atoms with Crippen molar-refractivity contribution >= 4 is 0 Å². The lowest BCUT2D eigenvalue weighted by molar-refractivity contribution is 0.00346. The van der Waals surface area contributed by atoms with Crippen LogP contribution in [0.25, 0.3) is 0 Å². The summed E-state index contributed by atoms with van der Waals surface area (Å²) in [7, 11) is 0. The number of rotatable bonds is 8. The lowest BCUT2D eigenvalue weighted by Gasteiger charge is -2.40. The van der Waals surface area contributed by atoms with Crippen molar-refractivity contribution in [2.75, 3.05) is 39.5 Å². The van der Waals surface area contributed by atoms with Gasteiger partial charge in [-0.25, -0.2) is 0 Å². The Morgan fingerprint density at radius 1 is 1.19 bits per heavy atom. The fourth-order valence-electron chi connectivity index (χ4n) is 3.87. The molecule has 2 unspecified atom stereocenters. The molecule has 2 N–H and O–H groups in total. The third-order valence-corrected chi connectivity index (χ3v) is 5.08. The van der Waals surface area contributed by atoms with Crippen LogP contribution in [0.2, 0.25) is 0 Å². The number of aliphatic hydroxyl groups excluding tert-OH is 1. The smallest absolute Gasteiger partial charge is 0.0558 e. The molecule has 1 aliphatic heterocycles. The topological polar surface area (TPSA) is 44.7 Å². The van der Waals surface area contributed by atoms with E-state index in [2.05, 4.69) is 17.1 Å². The Morgan fingerprint density at radius 2 is 2.00 bits per heavy atom. The van der Waals surface area contributed by atoms with Crippen LogP contribution < -0.4 is 5.32 Å². The standard InChI is InChI=1S/C17H34N2O2/c1-2-9-18-17-8-12-21-14-15(17)13-19(10-11-20)16-6-4-3-5-7-16/h15-18,20H,2-14H2,1H3. The molecule has 4 heteroatoms. The van der Waals surface area contributed by atoms with Crippen LogP contribution in [0.4, 0.5) is 0 Å². The normalized spacial score (nSPS) is 28.1. The summed E-state index contributed by atoms with van der Waals surface area (Å²) in [6.45, 7) is 7.26. The van der Waals surface area contributed by atoms with Crippen LogP contribution in [0.3, 0.4) is 0 Å². The second kappa shape index (κ2) is 9.78. The van der Waals surface area contributed by atoms with Crippen LogP contribution >= 0.6 is 0 Å². The molecule has 1 aliphatic carbocycles. The quantitative estimate of drug-likeness (QED) is 0.719. The molecule has 1 saturated carbocycles. The van der Waals surface area contributed by atoms with Crippen LogP contribution in [0, 0.1) is 5.92 Å². The molecular weight excluding hydrogens is 264 g/mol. The average molecular weight is 298 g/mol. The Bertz CT molecular complexity index is 270. The van der Waals surface area contributed by atoms with E-state index in [1.165, 1.54) is 38.5 Å². The maximum Gasteiger partial charge on any atom is 0.0558 e. The molecule has 0 aromatic heterocycles. The van der Waals surface area contributed by atoms with Gasteiger partial charge in [0.1, 0.15) is 0 Å². The molecule has 21 heavy (non-hydrogen) atoms. The second-order valence-corrected chi connectivity index (χ2v) is 6.69. The van der Waals surface area contributed by atoms with Gasteiger partial charge in [0.25, 0.3) is 0 Å². The first-order valence-electron chi connectivity index (χ1n) is 9.01. The minimum absolute atomic E-state index is 0.275. The minimum atomic E-state index is 0.275. The van der Waals surface area contributed by atoms with Gasteiger partial charge >= 0.3 is 0 Å². The van der Waals surface area contributed by atoms with Gasteiger partial charge in [-0.1, -0.05) is 26.2 Å². The Labute approximate surface area is 130 Å². The Morgan fingerprint density at radius 3 is 2.71 bits per heavy atom. The molecule has 2 atom stereocenters. The molecule has 2 rings (SSSR count). The number of nitrogens with zero attached hydrogens (tertiary/aromatic N) is 1. The summed E-state index contributed by atoms with van der Waals surface area (Å²) in [5.41, 5.74) is 0. The van der Waals surface area contributed by atoms with Crippen LogP contribution in [0.1, 0.15) is 51.9 Å². The highest BCUT2D eigenvalue weighted by atomic mass is 16.5. The molecule has 1 heterocycles. The van der Waals surface area contributed by atoms with Gasteiger partial charge in [0.05, 0.1) is 13.2 Å². The van der Waals surface area contributed by atoms with Crippen LogP contribution in [-0.4, -0.2) is 61.5 Å². The molecular formula is C17H34N2O2. The number of hydrogen-bond donors (Lipinski definition) is 2. The molecule has 2 aliphatic rings. The number of aliphatic hydroxyl groups is 1. The van der Waals surface area contributed by atoms with Crippen molar-refractivity contribution in [1.29, 1.82) is 0 Å². The molecule has 1 saturated heterocycles. The molecule has 0 spiro atoms. The van der Waals surface area contributed by atoms with Gasteiger partial charge in [0.15, 0.2) is 0 Å². The third kappa shape index (κ3) is 5.51. The first-order chi connectivity index (χ1) is 10.3. The van der Waals surface area contributed by atoms with Gasteiger partial charge in [-0.15, -0.1) is 0 Å². The number of nitrogens with one attached hydrogen (secondary N) is 1. The lowest BCUT2D eigenvalue weighted by Crippen LogP contribution is -2.50. The number of ether oxygens (including phenoxy) is 1. The molecule has 2 fully saturated rings. The molecule has 4 nitrogen and oxygen atoms in total. The van der Waals surface area contributed by atoms with Crippen LogP contribution in [0.15, 0.2) is 0 Å². The summed E-state index contributed by atoms with van der Waals surface area (Å²) in [6, 6.07) is 1.27. The Kier molecular flexibility index (Phi) is 8.01. The van der Waals surface area contributed by atoms with E-state index in [0.717, 1.165) is 39.3 Å². The van der Waals surface area contributed by atoms with Crippen molar-refractivity contribution in [3.8, 4) is 0 Å². The van der Waals surface area contributed by atoms with Crippen molar-refractivity contribution in [3.05, 3.63) is 0 Å². The van der Waals surface area contributed by atoms with E-state index in [1.807, 2.05) is 0 Å². The van der Waals surface area contributed by atoms with Crippen molar-refractivity contribution < 1.29 is 9.84 Å². The highest BCUT2D eigenvalue weighted by Gasteiger charge is 2.29. The second-order valence-electron chi connectivity index (χ2n) is 6.69. The summed E-state index contributed by atoms with van der Waals surface area (Å²) in [6.07, 6.45) is 9.02. The van der Waals surface area contributed by atoms with E-state index in [1.54, 1.807) is 0 Å². The summed E-state index contributed by atoms with van der Waals surface area (Å²) >= 11 is 0. The van der Waals surface area contributed by atoms with Gasteiger partial charge in [0, 0.05) is 37.7 Å². The largest absolute Gasteiger partial charge is 0.395 e.